The van der Waals surface area contributed by atoms with Crippen molar-refractivity contribution in [2.24, 2.45) is 17.3 Å². The van der Waals surface area contributed by atoms with Crippen molar-refractivity contribution in [1.29, 1.82) is 0 Å². The van der Waals surface area contributed by atoms with Crippen LogP contribution >= 0.6 is 0 Å². The molecule has 1 amide bonds. The van der Waals surface area contributed by atoms with Gasteiger partial charge in [0.2, 0.25) is 5.91 Å². The molecular formula is C20H30N2O. The SMILES string of the molecule is CC(C)=C[C@@H]1[C@H](C(=O)NCc2ccccc2CN(C)C)C1(C)C. The van der Waals surface area contributed by atoms with Crippen LogP contribution in [-0.4, -0.2) is 24.9 Å². The summed E-state index contributed by atoms with van der Waals surface area (Å²) >= 11 is 0. The van der Waals surface area contributed by atoms with Crippen LogP contribution in [0, 0.1) is 17.3 Å². The first-order valence-corrected chi connectivity index (χ1v) is 8.37. The first kappa shape index (κ1) is 17.7. The van der Waals surface area contributed by atoms with E-state index in [1.54, 1.807) is 0 Å². The van der Waals surface area contributed by atoms with Crippen LogP contribution in [-0.2, 0) is 17.9 Å². The van der Waals surface area contributed by atoms with Crippen molar-refractivity contribution in [2.45, 2.75) is 40.8 Å². The fraction of sp³-hybridized carbons (Fsp3) is 0.550. The molecular weight excluding hydrogens is 284 g/mol. The molecule has 0 radical (unpaired) electrons. The summed E-state index contributed by atoms with van der Waals surface area (Å²) < 4.78 is 0. The van der Waals surface area contributed by atoms with E-state index in [9.17, 15) is 4.79 Å². The summed E-state index contributed by atoms with van der Waals surface area (Å²) in [6, 6.07) is 8.33. The lowest BCUT2D eigenvalue weighted by molar-refractivity contribution is -0.123. The molecule has 0 heterocycles. The third kappa shape index (κ3) is 4.23. The molecule has 1 aliphatic carbocycles. The van der Waals surface area contributed by atoms with Crippen molar-refractivity contribution in [3.05, 3.63) is 47.0 Å². The Morgan fingerprint density at radius 2 is 1.83 bits per heavy atom. The molecule has 3 heteroatoms. The Hall–Kier alpha value is -1.61. The molecule has 0 bridgehead atoms. The summed E-state index contributed by atoms with van der Waals surface area (Å²) in [6.45, 7) is 10.1. The summed E-state index contributed by atoms with van der Waals surface area (Å²) in [6.07, 6.45) is 2.24. The Morgan fingerprint density at radius 3 is 2.39 bits per heavy atom. The Kier molecular flexibility index (Phi) is 5.30. The van der Waals surface area contributed by atoms with Crippen molar-refractivity contribution in [3.8, 4) is 0 Å². The number of benzene rings is 1. The van der Waals surface area contributed by atoms with Crippen LogP contribution < -0.4 is 5.32 Å². The zero-order chi connectivity index (χ0) is 17.2. The maximum Gasteiger partial charge on any atom is 0.224 e. The number of nitrogens with one attached hydrogen (secondary N) is 1. The van der Waals surface area contributed by atoms with Gasteiger partial charge in [0.25, 0.3) is 0 Å². The summed E-state index contributed by atoms with van der Waals surface area (Å²) in [5, 5.41) is 3.15. The van der Waals surface area contributed by atoms with Gasteiger partial charge >= 0.3 is 0 Å². The minimum absolute atomic E-state index is 0.0739. The first-order chi connectivity index (χ1) is 10.7. The highest BCUT2D eigenvalue weighted by atomic mass is 16.2. The number of rotatable bonds is 6. The molecule has 0 spiro atoms. The highest BCUT2D eigenvalue weighted by molar-refractivity contribution is 5.83. The van der Waals surface area contributed by atoms with E-state index < -0.39 is 0 Å². The van der Waals surface area contributed by atoms with Gasteiger partial charge in [-0.3, -0.25) is 4.79 Å². The average Bonchev–Trinajstić information content (AvgIpc) is 2.97. The molecule has 0 aliphatic heterocycles. The van der Waals surface area contributed by atoms with Gasteiger partial charge in [0.1, 0.15) is 0 Å². The zero-order valence-electron chi connectivity index (χ0n) is 15.3. The molecule has 23 heavy (non-hydrogen) atoms. The molecule has 1 aliphatic rings. The van der Waals surface area contributed by atoms with E-state index in [0.717, 1.165) is 6.54 Å². The fourth-order valence-corrected chi connectivity index (χ4v) is 3.37. The molecule has 1 aromatic carbocycles. The summed E-state index contributed by atoms with van der Waals surface area (Å²) in [7, 11) is 4.12. The van der Waals surface area contributed by atoms with Crippen molar-refractivity contribution < 1.29 is 4.79 Å². The highest BCUT2D eigenvalue weighted by Gasteiger charge is 2.60. The van der Waals surface area contributed by atoms with Gasteiger partial charge in [-0.05, 0) is 50.4 Å². The van der Waals surface area contributed by atoms with E-state index >= 15 is 0 Å². The molecule has 1 N–H and O–H groups in total. The second-order valence-electron chi connectivity index (χ2n) is 7.79. The van der Waals surface area contributed by atoms with Crippen LogP contribution in [0.15, 0.2) is 35.9 Å². The number of carbonyl (C=O) groups excluding carboxylic acids is 1. The topological polar surface area (TPSA) is 32.3 Å². The molecule has 1 aromatic rings. The number of allylic oxidation sites excluding steroid dienone is 2. The minimum atomic E-state index is 0.0739. The monoisotopic (exact) mass is 314 g/mol. The van der Waals surface area contributed by atoms with Crippen molar-refractivity contribution in [1.82, 2.24) is 10.2 Å². The second kappa shape index (κ2) is 6.88. The summed E-state index contributed by atoms with van der Waals surface area (Å²) in [4.78, 5) is 14.7. The zero-order valence-corrected chi connectivity index (χ0v) is 15.3. The number of amides is 1. The predicted octanol–water partition coefficient (Wildman–Crippen LogP) is 3.60. The van der Waals surface area contributed by atoms with Crippen LogP contribution in [0.2, 0.25) is 0 Å². The fourth-order valence-electron chi connectivity index (χ4n) is 3.37. The Morgan fingerprint density at radius 1 is 1.22 bits per heavy atom. The molecule has 1 fully saturated rings. The molecule has 0 unspecified atom stereocenters. The molecule has 0 aromatic heterocycles. The smallest absolute Gasteiger partial charge is 0.224 e. The van der Waals surface area contributed by atoms with Gasteiger partial charge < -0.3 is 10.2 Å². The van der Waals surface area contributed by atoms with Gasteiger partial charge in [0, 0.05) is 13.1 Å². The van der Waals surface area contributed by atoms with Crippen molar-refractivity contribution in [2.75, 3.05) is 14.1 Å². The van der Waals surface area contributed by atoms with E-state index in [1.165, 1.54) is 16.7 Å². The van der Waals surface area contributed by atoms with E-state index in [1.807, 2.05) is 6.07 Å². The molecule has 3 nitrogen and oxygen atoms in total. The standard InChI is InChI=1S/C20H30N2O/c1-14(2)11-17-18(20(17,3)4)19(23)21-12-15-9-7-8-10-16(15)13-22(5)6/h7-11,17-18H,12-13H2,1-6H3,(H,21,23)/t17-,18-/m1/s1. The normalized spacial score (nSPS) is 21.9. The third-order valence-corrected chi connectivity index (χ3v) is 4.76. The van der Waals surface area contributed by atoms with Crippen LogP contribution in [0.1, 0.15) is 38.8 Å². The Bertz CT molecular complexity index is 597. The van der Waals surface area contributed by atoms with Gasteiger partial charge in [0.15, 0.2) is 0 Å². The predicted molar refractivity (Wildman–Crippen MR) is 95.9 cm³/mol. The van der Waals surface area contributed by atoms with Gasteiger partial charge in [0.05, 0.1) is 5.92 Å². The lowest BCUT2D eigenvalue weighted by Gasteiger charge is -2.15. The van der Waals surface area contributed by atoms with Crippen molar-refractivity contribution >= 4 is 5.91 Å². The van der Waals surface area contributed by atoms with E-state index in [0.29, 0.717) is 12.5 Å². The number of carbonyl (C=O) groups is 1. The average molecular weight is 314 g/mol. The molecule has 126 valence electrons. The Balaban J connectivity index is 2.00. The van der Waals surface area contributed by atoms with Crippen molar-refractivity contribution in [3.63, 3.8) is 0 Å². The third-order valence-electron chi connectivity index (χ3n) is 4.76. The van der Waals surface area contributed by atoms with E-state index in [-0.39, 0.29) is 17.2 Å². The largest absolute Gasteiger partial charge is 0.352 e. The van der Waals surface area contributed by atoms with Crippen LogP contribution in [0.4, 0.5) is 0 Å². The van der Waals surface area contributed by atoms with Gasteiger partial charge in [-0.15, -0.1) is 0 Å². The molecule has 1 saturated carbocycles. The second-order valence-corrected chi connectivity index (χ2v) is 7.79. The summed E-state index contributed by atoms with van der Waals surface area (Å²) in [5.74, 6) is 0.639. The molecule has 0 saturated heterocycles. The number of hydrogen-bond acceptors (Lipinski definition) is 2. The van der Waals surface area contributed by atoms with Crippen LogP contribution in [0.3, 0.4) is 0 Å². The van der Waals surface area contributed by atoms with Gasteiger partial charge in [-0.1, -0.05) is 49.8 Å². The highest BCUT2D eigenvalue weighted by Crippen LogP contribution is 2.59. The number of hydrogen-bond donors (Lipinski definition) is 1. The lowest BCUT2D eigenvalue weighted by atomic mass is 10.1. The van der Waals surface area contributed by atoms with Gasteiger partial charge in [-0.25, -0.2) is 0 Å². The van der Waals surface area contributed by atoms with E-state index in [4.69, 9.17) is 0 Å². The van der Waals surface area contributed by atoms with E-state index in [2.05, 4.69) is 76.3 Å². The van der Waals surface area contributed by atoms with Crippen LogP contribution in [0.5, 0.6) is 0 Å². The molecule has 2 atom stereocenters. The molecule has 2 rings (SSSR count). The number of nitrogens with zero attached hydrogens (tertiary/aromatic N) is 1. The summed E-state index contributed by atoms with van der Waals surface area (Å²) in [5.41, 5.74) is 3.83. The lowest BCUT2D eigenvalue weighted by Crippen LogP contribution is -2.27. The maximum absolute atomic E-state index is 12.6. The van der Waals surface area contributed by atoms with Gasteiger partial charge in [-0.2, -0.15) is 0 Å². The van der Waals surface area contributed by atoms with Crippen LogP contribution in [0.25, 0.3) is 0 Å². The quantitative estimate of drug-likeness (QED) is 0.814. The first-order valence-electron chi connectivity index (χ1n) is 8.37. The Labute approximate surface area is 140 Å². The maximum atomic E-state index is 12.6. The minimum Gasteiger partial charge on any atom is -0.352 e.